The highest BCUT2D eigenvalue weighted by Gasteiger charge is 2.56. The van der Waals surface area contributed by atoms with Crippen LogP contribution in [0.5, 0.6) is 0 Å². The average molecular weight is 372 g/mol. The molecule has 0 radical (unpaired) electrons. The number of rotatable bonds is 3. The van der Waals surface area contributed by atoms with Crippen molar-refractivity contribution in [3.8, 4) is 11.3 Å². The fourth-order valence-electron chi connectivity index (χ4n) is 2.88. The van der Waals surface area contributed by atoms with Crippen LogP contribution in [0.15, 0.2) is 6.33 Å². The molecule has 2 unspecified atom stereocenters. The first kappa shape index (κ1) is 17.1. The van der Waals surface area contributed by atoms with E-state index in [1.165, 1.54) is 10.9 Å². The Morgan fingerprint density at radius 1 is 1.50 bits per heavy atom. The van der Waals surface area contributed by atoms with E-state index in [0.29, 0.717) is 5.52 Å². The molecule has 1 aliphatic rings. The number of halogens is 1. The van der Waals surface area contributed by atoms with Crippen LogP contribution in [0.1, 0.15) is 6.23 Å². The maximum absolute atomic E-state index is 11.0. The molecule has 1 fully saturated rings. The quantitative estimate of drug-likeness (QED) is 0.359. The molecular weight excluding hydrogens is 358 g/mol. The van der Waals surface area contributed by atoms with Gasteiger partial charge in [-0.05, 0) is 17.5 Å². The van der Waals surface area contributed by atoms with Crippen molar-refractivity contribution in [2.24, 2.45) is 5.92 Å². The second kappa shape index (κ2) is 6.29. The number of aliphatic hydroxyl groups is 3. The highest BCUT2D eigenvalue weighted by atomic mass is 35.5. The molecule has 0 amide bonds. The number of nitrogens with one attached hydrogen (secondary N) is 1. The fraction of sp³-hybridized carbons (Fsp3) is 0.462. The molecule has 128 valence electrons. The molecule has 3 rings (SSSR count). The van der Waals surface area contributed by atoms with E-state index in [1.807, 2.05) is 0 Å². The number of aliphatic hydroxyl groups excluding tert-OH is 2. The molecule has 0 aromatic carbocycles. The smallest absolute Gasteiger partial charge is 0.200 e. The Labute approximate surface area is 146 Å². The molecule has 6 N–H and O–H groups in total. The first-order valence-corrected chi connectivity index (χ1v) is 7.69. The van der Waals surface area contributed by atoms with Gasteiger partial charge in [0.15, 0.2) is 17.5 Å². The zero-order valence-corrected chi connectivity index (χ0v) is 13.8. The van der Waals surface area contributed by atoms with E-state index in [2.05, 4.69) is 26.3 Å². The number of hydrogen-bond donors (Lipinski definition) is 5. The normalized spacial score (nSPS) is 29.6. The van der Waals surface area contributed by atoms with Gasteiger partial charge in [0.25, 0.3) is 0 Å². The van der Waals surface area contributed by atoms with Gasteiger partial charge in [-0.3, -0.25) is 4.57 Å². The summed E-state index contributed by atoms with van der Waals surface area (Å²) in [4.78, 5) is 10.9. The first-order valence-electron chi connectivity index (χ1n) is 6.91. The third kappa shape index (κ3) is 2.46. The van der Waals surface area contributed by atoms with Gasteiger partial charge in [-0.15, -0.1) is 0 Å². The first-order chi connectivity index (χ1) is 11.5. The number of nitrogens with two attached hydrogens (primary N) is 1. The molecule has 0 saturated carbocycles. The highest BCUT2D eigenvalue weighted by Crippen LogP contribution is 2.43. The highest BCUT2D eigenvalue weighted by molar-refractivity contribution is 7.71. The lowest BCUT2D eigenvalue weighted by molar-refractivity contribution is -0.0707. The van der Waals surface area contributed by atoms with E-state index in [1.54, 1.807) is 0 Å². The Morgan fingerprint density at radius 3 is 2.88 bits per heavy atom. The summed E-state index contributed by atoms with van der Waals surface area (Å²) in [6, 6.07) is 0. The molecule has 11 heteroatoms. The number of aromatic nitrogens is 4. The minimum atomic E-state index is -1.87. The molecule has 3 heterocycles. The van der Waals surface area contributed by atoms with E-state index < -0.39 is 37.1 Å². The standard InChI is InChI=1S/C13H14ClN5O4S/c14-2-1-13(22)6(3-20)7(4-21)23-11(13)19-5-16-8-9(19)17-12(15)18-10(8)24/h5-7,11,20-22H,3-4H2,(H3,15,17,18,24)/t6?,7-,11-,13?/m1/s1. The molecule has 1 aliphatic heterocycles. The minimum Gasteiger partial charge on any atom is -0.396 e. The second-order valence-corrected chi connectivity index (χ2v) is 5.92. The molecule has 2 aromatic rings. The summed E-state index contributed by atoms with van der Waals surface area (Å²) in [6.07, 6.45) is -0.608. The molecular formula is C13H14ClN5O4S. The van der Waals surface area contributed by atoms with E-state index in [0.717, 1.165) is 0 Å². The largest absolute Gasteiger partial charge is 0.396 e. The van der Waals surface area contributed by atoms with Crippen molar-refractivity contribution in [1.82, 2.24) is 19.5 Å². The van der Waals surface area contributed by atoms with Crippen molar-refractivity contribution >= 4 is 40.9 Å². The average Bonchev–Trinajstić information content (AvgIpc) is 3.06. The van der Waals surface area contributed by atoms with Gasteiger partial charge in [0.05, 0.1) is 31.6 Å². The number of nitrogens with zero attached hydrogens (tertiary/aromatic N) is 3. The summed E-state index contributed by atoms with van der Waals surface area (Å²) in [6.45, 7) is -0.887. The zero-order valence-electron chi connectivity index (χ0n) is 12.2. The predicted octanol–water partition coefficient (Wildman–Crippen LogP) is -0.500. The number of anilines is 1. The molecule has 1 saturated heterocycles. The van der Waals surface area contributed by atoms with Gasteiger partial charge in [-0.25, -0.2) is 4.98 Å². The van der Waals surface area contributed by atoms with Crippen LogP contribution < -0.4 is 5.73 Å². The fourth-order valence-corrected chi connectivity index (χ4v) is 3.28. The van der Waals surface area contributed by atoms with Crippen molar-refractivity contribution in [3.05, 3.63) is 11.0 Å². The predicted molar refractivity (Wildman–Crippen MR) is 87.3 cm³/mol. The lowest BCUT2D eigenvalue weighted by Crippen LogP contribution is -2.43. The maximum Gasteiger partial charge on any atom is 0.200 e. The van der Waals surface area contributed by atoms with Crippen molar-refractivity contribution in [1.29, 1.82) is 0 Å². The molecule has 0 spiro atoms. The van der Waals surface area contributed by atoms with Crippen LogP contribution in [0.3, 0.4) is 0 Å². The van der Waals surface area contributed by atoms with E-state index >= 15 is 0 Å². The summed E-state index contributed by atoms with van der Waals surface area (Å²) in [5, 5.41) is 32.2. The molecule has 0 aliphatic carbocycles. The Balaban J connectivity index is 2.20. The Kier molecular flexibility index (Phi) is 4.48. The van der Waals surface area contributed by atoms with Crippen LogP contribution in [0.2, 0.25) is 0 Å². The maximum atomic E-state index is 11.0. The number of hydrogen-bond acceptors (Lipinski definition) is 8. The number of fused-ring (bicyclic) bond motifs is 1. The Hall–Kier alpha value is -1.74. The topological polar surface area (TPSA) is 142 Å². The van der Waals surface area contributed by atoms with Crippen LogP contribution in [-0.4, -0.2) is 59.8 Å². The zero-order chi connectivity index (χ0) is 17.5. The van der Waals surface area contributed by atoms with Gasteiger partial charge in [0.2, 0.25) is 5.95 Å². The molecule has 0 bridgehead atoms. The van der Waals surface area contributed by atoms with E-state index in [-0.39, 0.29) is 16.2 Å². The van der Waals surface area contributed by atoms with Crippen molar-refractivity contribution < 1.29 is 20.1 Å². The number of imidazole rings is 1. The van der Waals surface area contributed by atoms with Crippen molar-refractivity contribution in [2.75, 3.05) is 18.9 Å². The molecule has 9 nitrogen and oxygen atoms in total. The van der Waals surface area contributed by atoms with Crippen LogP contribution in [-0.2, 0) is 4.74 Å². The third-order valence-corrected chi connectivity index (χ3v) is 4.41. The van der Waals surface area contributed by atoms with Crippen LogP contribution >= 0.6 is 23.8 Å². The number of H-pyrrole nitrogens is 1. The number of aromatic amines is 1. The monoisotopic (exact) mass is 371 g/mol. The summed E-state index contributed by atoms with van der Waals surface area (Å²) >= 11 is 10.6. The number of ether oxygens (including phenoxy) is 1. The SMILES string of the molecule is Nc1nc2c(ncn2[C@@H]2O[C@H](CO)C(CO)C2(O)C#CCl)c(=S)[nH]1. The third-order valence-electron chi connectivity index (χ3n) is 4.02. The van der Waals surface area contributed by atoms with Crippen LogP contribution in [0.4, 0.5) is 5.95 Å². The van der Waals surface area contributed by atoms with Gasteiger partial charge < -0.3 is 30.8 Å². The van der Waals surface area contributed by atoms with Crippen LogP contribution in [0, 0.1) is 21.9 Å². The Bertz CT molecular complexity index is 890. The minimum absolute atomic E-state index is 0.0663. The summed E-state index contributed by atoms with van der Waals surface area (Å²) in [7, 11) is 0. The number of nitrogen functional groups attached to an aromatic ring is 1. The van der Waals surface area contributed by atoms with Crippen LogP contribution in [0.25, 0.3) is 11.2 Å². The lowest BCUT2D eigenvalue weighted by atomic mass is 9.86. The van der Waals surface area contributed by atoms with Crippen molar-refractivity contribution in [2.45, 2.75) is 17.9 Å². The van der Waals surface area contributed by atoms with E-state index in [9.17, 15) is 15.3 Å². The lowest BCUT2D eigenvalue weighted by Gasteiger charge is -2.28. The van der Waals surface area contributed by atoms with Gasteiger partial charge in [0, 0.05) is 5.38 Å². The summed E-state index contributed by atoms with van der Waals surface area (Å²) in [5.41, 5.74) is 4.44. The van der Waals surface area contributed by atoms with E-state index in [4.69, 9.17) is 34.3 Å². The second-order valence-electron chi connectivity index (χ2n) is 5.32. The van der Waals surface area contributed by atoms with Gasteiger partial charge in [-0.1, -0.05) is 12.2 Å². The van der Waals surface area contributed by atoms with Gasteiger partial charge in [0.1, 0.15) is 10.2 Å². The Morgan fingerprint density at radius 2 is 2.25 bits per heavy atom. The molecule has 4 atom stereocenters. The summed E-state index contributed by atoms with van der Waals surface area (Å²) < 4.78 is 7.37. The van der Waals surface area contributed by atoms with Crippen molar-refractivity contribution in [3.63, 3.8) is 0 Å². The molecule has 24 heavy (non-hydrogen) atoms. The van der Waals surface area contributed by atoms with Gasteiger partial charge in [-0.2, -0.15) is 4.98 Å². The summed E-state index contributed by atoms with van der Waals surface area (Å²) in [5.74, 6) is 1.64. The molecule has 2 aromatic heterocycles. The van der Waals surface area contributed by atoms with Gasteiger partial charge >= 0.3 is 0 Å².